The van der Waals surface area contributed by atoms with E-state index in [1.165, 1.54) is 17.5 Å². The maximum absolute atomic E-state index is 5.10. The molecule has 102 valence electrons. The lowest BCUT2D eigenvalue weighted by Crippen LogP contribution is -2.22. The van der Waals surface area contributed by atoms with E-state index in [4.69, 9.17) is 4.74 Å². The number of methoxy groups -OCH3 is 1. The lowest BCUT2D eigenvalue weighted by atomic mass is 9.96. The zero-order chi connectivity index (χ0) is 13.4. The second-order valence-electron chi connectivity index (χ2n) is 5.22. The van der Waals surface area contributed by atoms with Gasteiger partial charge in [-0.3, -0.25) is 0 Å². The van der Waals surface area contributed by atoms with Crippen molar-refractivity contribution in [1.29, 1.82) is 0 Å². The second kappa shape index (κ2) is 8.28. The second-order valence-corrected chi connectivity index (χ2v) is 5.22. The summed E-state index contributed by atoms with van der Waals surface area (Å²) in [5.74, 6) is 0.710. The smallest absolute Gasteiger partial charge is 0.0502 e. The Kier molecular flexibility index (Phi) is 6.99. The molecule has 0 aliphatic rings. The number of nitrogens with one attached hydrogen (secondary N) is 1. The van der Waals surface area contributed by atoms with Crippen molar-refractivity contribution in [2.45, 2.75) is 39.7 Å². The van der Waals surface area contributed by atoms with Crippen LogP contribution in [0.15, 0.2) is 24.3 Å². The molecular formula is C16H27NO. The summed E-state index contributed by atoms with van der Waals surface area (Å²) < 4.78 is 5.10. The molecule has 1 atom stereocenters. The molecule has 0 aromatic heterocycles. The minimum atomic E-state index is 0.478. The summed E-state index contributed by atoms with van der Waals surface area (Å²) in [6.45, 7) is 8.53. The van der Waals surface area contributed by atoms with Gasteiger partial charge in [0.25, 0.3) is 0 Å². The molecule has 1 N–H and O–H groups in total. The van der Waals surface area contributed by atoms with Crippen molar-refractivity contribution >= 4 is 0 Å². The van der Waals surface area contributed by atoms with Gasteiger partial charge in [-0.2, -0.15) is 0 Å². The molecule has 0 aliphatic carbocycles. The number of ether oxygens (including phenoxy) is 1. The molecule has 0 radical (unpaired) electrons. The van der Waals surface area contributed by atoms with Crippen LogP contribution in [0, 0.1) is 5.92 Å². The van der Waals surface area contributed by atoms with Gasteiger partial charge >= 0.3 is 0 Å². The fraction of sp³-hybridized carbons (Fsp3) is 0.625. The summed E-state index contributed by atoms with van der Waals surface area (Å²) in [7, 11) is 1.75. The Hall–Kier alpha value is -0.860. The average Bonchev–Trinajstić information content (AvgIpc) is 2.36. The molecule has 0 bridgehead atoms. The highest BCUT2D eigenvalue weighted by molar-refractivity contribution is 5.25. The molecule has 0 fully saturated rings. The van der Waals surface area contributed by atoms with Crippen LogP contribution in [0.3, 0.4) is 0 Å². The van der Waals surface area contributed by atoms with Crippen LogP contribution in [-0.2, 0) is 11.2 Å². The van der Waals surface area contributed by atoms with Crippen molar-refractivity contribution in [3.8, 4) is 0 Å². The third-order valence-electron chi connectivity index (χ3n) is 3.13. The van der Waals surface area contributed by atoms with Crippen LogP contribution in [0.1, 0.15) is 44.4 Å². The topological polar surface area (TPSA) is 21.3 Å². The van der Waals surface area contributed by atoms with Gasteiger partial charge in [-0.15, -0.1) is 0 Å². The highest BCUT2D eigenvalue weighted by Crippen LogP contribution is 2.21. The van der Waals surface area contributed by atoms with Crippen molar-refractivity contribution in [1.82, 2.24) is 5.32 Å². The van der Waals surface area contributed by atoms with Gasteiger partial charge in [0, 0.05) is 13.2 Å². The lowest BCUT2D eigenvalue weighted by molar-refractivity contribution is 0.202. The molecule has 0 heterocycles. The van der Waals surface area contributed by atoms with E-state index in [9.17, 15) is 0 Å². The van der Waals surface area contributed by atoms with Crippen molar-refractivity contribution in [3.05, 3.63) is 35.4 Å². The van der Waals surface area contributed by atoms with E-state index < -0.39 is 0 Å². The van der Waals surface area contributed by atoms with Gasteiger partial charge in [0.05, 0.1) is 6.61 Å². The van der Waals surface area contributed by atoms with E-state index in [0.717, 1.165) is 19.6 Å². The molecule has 1 unspecified atom stereocenters. The molecule has 1 rings (SSSR count). The molecule has 2 heteroatoms. The van der Waals surface area contributed by atoms with Gasteiger partial charge in [-0.05, 0) is 36.4 Å². The summed E-state index contributed by atoms with van der Waals surface area (Å²) in [6.07, 6.45) is 2.18. The fourth-order valence-electron chi connectivity index (χ4n) is 2.19. The molecule has 0 amide bonds. The highest BCUT2D eigenvalue weighted by Gasteiger charge is 2.11. The molecular weight excluding hydrogens is 222 g/mol. The van der Waals surface area contributed by atoms with E-state index in [1.54, 1.807) is 7.11 Å². The average molecular weight is 249 g/mol. The van der Waals surface area contributed by atoms with Gasteiger partial charge < -0.3 is 10.1 Å². The van der Waals surface area contributed by atoms with E-state index in [1.807, 2.05) is 0 Å². The molecule has 0 aliphatic heterocycles. The highest BCUT2D eigenvalue weighted by atomic mass is 16.5. The Bertz CT molecular complexity index is 318. The normalized spacial score (nSPS) is 12.9. The molecule has 1 aromatic rings. The Labute approximate surface area is 112 Å². The van der Waals surface area contributed by atoms with Crippen LogP contribution in [0.5, 0.6) is 0 Å². The minimum Gasteiger partial charge on any atom is -0.384 e. The zero-order valence-corrected chi connectivity index (χ0v) is 12.2. The molecule has 0 saturated heterocycles. The van der Waals surface area contributed by atoms with E-state index in [2.05, 4.69) is 50.4 Å². The first kappa shape index (κ1) is 15.2. The first-order chi connectivity index (χ1) is 8.67. The van der Waals surface area contributed by atoms with Gasteiger partial charge in [-0.25, -0.2) is 0 Å². The van der Waals surface area contributed by atoms with Gasteiger partial charge in [-0.1, -0.05) is 45.0 Å². The monoisotopic (exact) mass is 249 g/mol. The van der Waals surface area contributed by atoms with Crippen LogP contribution in [0.4, 0.5) is 0 Å². The summed E-state index contributed by atoms with van der Waals surface area (Å²) in [5, 5.41) is 3.57. The predicted octanol–water partition coefficient (Wildman–Crippen LogP) is 3.57. The minimum absolute atomic E-state index is 0.478. The summed E-state index contributed by atoms with van der Waals surface area (Å²) in [4.78, 5) is 0. The summed E-state index contributed by atoms with van der Waals surface area (Å²) >= 11 is 0. The van der Waals surface area contributed by atoms with E-state index in [-0.39, 0.29) is 0 Å². The maximum atomic E-state index is 5.10. The molecule has 0 saturated carbocycles. The van der Waals surface area contributed by atoms with Gasteiger partial charge in [0.1, 0.15) is 0 Å². The molecule has 2 nitrogen and oxygen atoms in total. The maximum Gasteiger partial charge on any atom is 0.0502 e. The third-order valence-corrected chi connectivity index (χ3v) is 3.13. The number of benzene rings is 1. The third kappa shape index (κ3) is 5.19. The lowest BCUT2D eigenvalue weighted by Gasteiger charge is -2.20. The van der Waals surface area contributed by atoms with Gasteiger partial charge in [0.15, 0.2) is 0 Å². The fourth-order valence-corrected chi connectivity index (χ4v) is 2.19. The first-order valence-corrected chi connectivity index (χ1v) is 6.98. The van der Waals surface area contributed by atoms with Crippen LogP contribution in [-0.4, -0.2) is 20.3 Å². The zero-order valence-electron chi connectivity index (χ0n) is 12.2. The molecule has 0 spiro atoms. The molecule has 1 aromatic carbocycles. The summed E-state index contributed by atoms with van der Waals surface area (Å²) in [6, 6.07) is 9.42. The quantitative estimate of drug-likeness (QED) is 0.760. The Morgan fingerprint density at radius 1 is 1.17 bits per heavy atom. The predicted molar refractivity (Wildman–Crippen MR) is 77.9 cm³/mol. The first-order valence-electron chi connectivity index (χ1n) is 6.98. The Morgan fingerprint density at radius 2 is 1.83 bits per heavy atom. The van der Waals surface area contributed by atoms with Crippen LogP contribution in [0.25, 0.3) is 0 Å². The SMILES string of the molecule is CCNC(CC(C)C)c1ccc(CCOC)cc1. The summed E-state index contributed by atoms with van der Waals surface area (Å²) in [5.41, 5.74) is 2.74. The van der Waals surface area contributed by atoms with Gasteiger partial charge in [0.2, 0.25) is 0 Å². The number of hydrogen-bond acceptors (Lipinski definition) is 2. The number of rotatable bonds is 8. The van der Waals surface area contributed by atoms with Crippen LogP contribution >= 0.6 is 0 Å². The van der Waals surface area contributed by atoms with Crippen LogP contribution < -0.4 is 5.32 Å². The standard InChI is InChI=1S/C16H27NO/c1-5-17-16(12-13(2)3)15-8-6-14(7-9-15)10-11-18-4/h6-9,13,16-17H,5,10-12H2,1-4H3. The van der Waals surface area contributed by atoms with Crippen molar-refractivity contribution in [2.75, 3.05) is 20.3 Å². The van der Waals surface area contributed by atoms with Crippen LogP contribution in [0.2, 0.25) is 0 Å². The van der Waals surface area contributed by atoms with Crippen molar-refractivity contribution in [3.63, 3.8) is 0 Å². The Morgan fingerprint density at radius 3 is 2.33 bits per heavy atom. The van der Waals surface area contributed by atoms with Crippen molar-refractivity contribution in [2.24, 2.45) is 5.92 Å². The van der Waals surface area contributed by atoms with Crippen molar-refractivity contribution < 1.29 is 4.74 Å². The van der Waals surface area contributed by atoms with E-state index >= 15 is 0 Å². The molecule has 18 heavy (non-hydrogen) atoms. The Balaban J connectivity index is 2.67. The van der Waals surface area contributed by atoms with E-state index in [0.29, 0.717) is 12.0 Å². The number of hydrogen-bond donors (Lipinski definition) is 1. The largest absolute Gasteiger partial charge is 0.384 e.